The minimum absolute atomic E-state index is 0.668. The number of ether oxygens (including phenoxy) is 1. The van der Waals surface area contributed by atoms with E-state index in [1.165, 1.54) is 5.56 Å². The van der Waals surface area contributed by atoms with Gasteiger partial charge in [0.05, 0.1) is 6.61 Å². The van der Waals surface area contributed by atoms with Gasteiger partial charge >= 0.3 is 0 Å². The van der Waals surface area contributed by atoms with E-state index >= 15 is 0 Å². The first-order chi connectivity index (χ1) is 8.18. The fourth-order valence-electron chi connectivity index (χ4n) is 1.46. The first-order valence-corrected chi connectivity index (χ1v) is 6.59. The molecule has 0 aliphatic heterocycles. The lowest BCUT2D eigenvalue weighted by atomic mass is 10.2. The molecule has 17 heavy (non-hydrogen) atoms. The van der Waals surface area contributed by atoms with Crippen molar-refractivity contribution in [1.29, 1.82) is 0 Å². The number of hydrogen-bond donors (Lipinski definition) is 1. The first kappa shape index (κ1) is 14.5. The maximum atomic E-state index is 5.81. The molecule has 0 saturated heterocycles. The molecule has 1 aromatic carbocycles. The molecule has 0 bridgehead atoms. The second-order valence-electron chi connectivity index (χ2n) is 4.63. The van der Waals surface area contributed by atoms with Crippen LogP contribution in [0.5, 0.6) is 0 Å². The minimum Gasteiger partial charge on any atom is -0.377 e. The van der Waals surface area contributed by atoms with Gasteiger partial charge in [-0.2, -0.15) is 0 Å². The Morgan fingerprint density at radius 2 is 1.94 bits per heavy atom. The van der Waals surface area contributed by atoms with Gasteiger partial charge in [-0.1, -0.05) is 37.6 Å². The summed E-state index contributed by atoms with van der Waals surface area (Å²) in [6, 6.07) is 7.79. The number of hydrogen-bond acceptors (Lipinski definition) is 2. The van der Waals surface area contributed by atoms with Crippen LogP contribution in [0.2, 0.25) is 5.02 Å². The number of nitrogens with one attached hydrogen (secondary N) is 1. The average Bonchev–Trinajstić information content (AvgIpc) is 2.30. The Morgan fingerprint density at radius 3 is 2.59 bits per heavy atom. The van der Waals surface area contributed by atoms with Crippen molar-refractivity contribution in [3.05, 3.63) is 34.9 Å². The van der Waals surface area contributed by atoms with E-state index in [4.69, 9.17) is 16.3 Å². The molecular formula is C14H22ClNO. The molecule has 0 saturated carbocycles. The summed E-state index contributed by atoms with van der Waals surface area (Å²) in [6.07, 6.45) is 1.06. The van der Waals surface area contributed by atoms with Crippen molar-refractivity contribution in [3.8, 4) is 0 Å². The van der Waals surface area contributed by atoms with Crippen LogP contribution in [0.15, 0.2) is 24.3 Å². The van der Waals surface area contributed by atoms with E-state index in [1.807, 2.05) is 24.3 Å². The number of halogens is 1. The van der Waals surface area contributed by atoms with Gasteiger partial charge in [0, 0.05) is 11.6 Å². The topological polar surface area (TPSA) is 21.3 Å². The molecule has 0 aromatic heterocycles. The van der Waals surface area contributed by atoms with Crippen LogP contribution in [-0.4, -0.2) is 19.7 Å². The van der Waals surface area contributed by atoms with Crippen LogP contribution in [0, 0.1) is 5.92 Å². The van der Waals surface area contributed by atoms with Gasteiger partial charge in [-0.15, -0.1) is 0 Å². The van der Waals surface area contributed by atoms with Crippen LogP contribution in [0.1, 0.15) is 25.8 Å². The predicted molar refractivity (Wildman–Crippen MR) is 73.4 cm³/mol. The summed E-state index contributed by atoms with van der Waals surface area (Å²) in [7, 11) is 0. The molecule has 0 spiro atoms. The van der Waals surface area contributed by atoms with E-state index < -0.39 is 0 Å². The molecule has 96 valence electrons. The summed E-state index contributed by atoms with van der Waals surface area (Å²) >= 11 is 5.81. The molecule has 0 atom stereocenters. The molecular weight excluding hydrogens is 234 g/mol. The third kappa shape index (κ3) is 7.37. The van der Waals surface area contributed by atoms with Crippen molar-refractivity contribution in [1.82, 2.24) is 5.32 Å². The minimum atomic E-state index is 0.668. The fraction of sp³-hybridized carbons (Fsp3) is 0.571. The van der Waals surface area contributed by atoms with Gasteiger partial charge in [-0.05, 0) is 43.1 Å². The van der Waals surface area contributed by atoms with Gasteiger partial charge in [-0.25, -0.2) is 0 Å². The van der Waals surface area contributed by atoms with E-state index in [0.29, 0.717) is 12.5 Å². The summed E-state index contributed by atoms with van der Waals surface area (Å²) in [6.45, 7) is 8.00. The summed E-state index contributed by atoms with van der Waals surface area (Å²) in [4.78, 5) is 0. The van der Waals surface area contributed by atoms with Gasteiger partial charge in [-0.3, -0.25) is 0 Å². The highest BCUT2D eigenvalue weighted by atomic mass is 35.5. The normalized spacial score (nSPS) is 11.1. The molecule has 0 fully saturated rings. The van der Waals surface area contributed by atoms with Gasteiger partial charge in [0.25, 0.3) is 0 Å². The molecule has 0 radical (unpaired) electrons. The van der Waals surface area contributed by atoms with E-state index in [-0.39, 0.29) is 0 Å². The quantitative estimate of drug-likeness (QED) is 0.718. The second kappa shape index (κ2) is 8.51. The Kier molecular flexibility index (Phi) is 7.25. The lowest BCUT2D eigenvalue weighted by molar-refractivity contribution is 0.118. The lowest BCUT2D eigenvalue weighted by Crippen LogP contribution is -2.21. The predicted octanol–water partition coefficient (Wildman–Crippen LogP) is 3.49. The molecule has 0 aliphatic carbocycles. The zero-order valence-electron chi connectivity index (χ0n) is 10.7. The summed E-state index contributed by atoms with van der Waals surface area (Å²) < 4.78 is 5.58. The smallest absolute Gasteiger partial charge is 0.0716 e. The van der Waals surface area contributed by atoms with Crippen molar-refractivity contribution in [2.75, 3.05) is 19.7 Å². The lowest BCUT2D eigenvalue weighted by Gasteiger charge is -2.07. The molecule has 1 rings (SSSR count). The molecule has 1 aromatic rings. The monoisotopic (exact) mass is 255 g/mol. The number of rotatable bonds is 8. The van der Waals surface area contributed by atoms with E-state index in [9.17, 15) is 0 Å². The Balaban J connectivity index is 1.99. The van der Waals surface area contributed by atoms with Crippen LogP contribution >= 0.6 is 11.6 Å². The Labute approximate surface area is 109 Å². The van der Waals surface area contributed by atoms with Gasteiger partial charge < -0.3 is 10.1 Å². The van der Waals surface area contributed by atoms with Crippen molar-refractivity contribution in [3.63, 3.8) is 0 Å². The van der Waals surface area contributed by atoms with Crippen LogP contribution in [0.25, 0.3) is 0 Å². The highest BCUT2D eigenvalue weighted by Crippen LogP contribution is 2.10. The molecule has 0 heterocycles. The Morgan fingerprint density at radius 1 is 1.24 bits per heavy atom. The van der Waals surface area contributed by atoms with Crippen LogP contribution in [0.3, 0.4) is 0 Å². The van der Waals surface area contributed by atoms with Crippen molar-refractivity contribution in [2.45, 2.75) is 26.9 Å². The highest BCUT2D eigenvalue weighted by molar-refractivity contribution is 6.30. The number of benzene rings is 1. The fourth-order valence-corrected chi connectivity index (χ4v) is 1.59. The van der Waals surface area contributed by atoms with Crippen molar-refractivity contribution < 1.29 is 4.74 Å². The third-order valence-corrected chi connectivity index (χ3v) is 2.63. The third-order valence-electron chi connectivity index (χ3n) is 2.38. The first-order valence-electron chi connectivity index (χ1n) is 6.21. The van der Waals surface area contributed by atoms with Crippen LogP contribution in [-0.2, 0) is 11.3 Å². The summed E-state index contributed by atoms with van der Waals surface area (Å²) in [5.41, 5.74) is 1.17. The standard InChI is InChI=1S/C14H22ClNO/c1-12(2)10-16-8-3-9-17-11-13-4-6-14(15)7-5-13/h4-7,12,16H,3,8-11H2,1-2H3. The van der Waals surface area contributed by atoms with Crippen LogP contribution in [0.4, 0.5) is 0 Å². The Bertz CT molecular complexity index is 298. The molecule has 2 nitrogen and oxygen atoms in total. The molecule has 0 amide bonds. The SMILES string of the molecule is CC(C)CNCCCOCc1ccc(Cl)cc1. The molecule has 3 heteroatoms. The van der Waals surface area contributed by atoms with E-state index in [1.54, 1.807) is 0 Å². The zero-order valence-corrected chi connectivity index (χ0v) is 11.5. The maximum absolute atomic E-state index is 5.81. The summed E-state index contributed by atoms with van der Waals surface area (Å²) in [5, 5.41) is 4.16. The molecule has 0 unspecified atom stereocenters. The average molecular weight is 256 g/mol. The van der Waals surface area contributed by atoms with Crippen molar-refractivity contribution >= 4 is 11.6 Å². The summed E-state index contributed by atoms with van der Waals surface area (Å²) in [5.74, 6) is 0.713. The molecule has 0 aliphatic rings. The maximum Gasteiger partial charge on any atom is 0.0716 e. The van der Waals surface area contributed by atoms with Crippen LogP contribution < -0.4 is 5.32 Å². The van der Waals surface area contributed by atoms with Gasteiger partial charge in [0.15, 0.2) is 0 Å². The highest BCUT2D eigenvalue weighted by Gasteiger charge is 1.95. The molecule has 1 N–H and O–H groups in total. The second-order valence-corrected chi connectivity index (χ2v) is 5.07. The largest absolute Gasteiger partial charge is 0.377 e. The van der Waals surface area contributed by atoms with Gasteiger partial charge in [0.2, 0.25) is 0 Å². The Hall–Kier alpha value is -0.570. The van der Waals surface area contributed by atoms with Gasteiger partial charge in [0.1, 0.15) is 0 Å². The van der Waals surface area contributed by atoms with E-state index in [0.717, 1.165) is 31.1 Å². The van der Waals surface area contributed by atoms with E-state index in [2.05, 4.69) is 19.2 Å². The van der Waals surface area contributed by atoms with Crippen molar-refractivity contribution in [2.24, 2.45) is 5.92 Å². The zero-order chi connectivity index (χ0) is 12.5.